The lowest BCUT2D eigenvalue weighted by molar-refractivity contribution is 0.0955. The van der Waals surface area contributed by atoms with Crippen molar-refractivity contribution in [1.29, 1.82) is 0 Å². The molecule has 3 aromatic carbocycles. The quantitative estimate of drug-likeness (QED) is 0.269. The van der Waals surface area contributed by atoms with Crippen LogP contribution in [0.15, 0.2) is 90.0 Å². The van der Waals surface area contributed by atoms with Crippen molar-refractivity contribution in [2.75, 3.05) is 0 Å². The van der Waals surface area contributed by atoms with E-state index in [2.05, 4.69) is 15.5 Å². The maximum atomic E-state index is 13.4. The molecule has 0 unspecified atom stereocenters. The van der Waals surface area contributed by atoms with E-state index in [1.807, 2.05) is 50.2 Å². The first-order chi connectivity index (χ1) is 15.9. The van der Waals surface area contributed by atoms with E-state index in [0.717, 1.165) is 16.7 Å². The molecule has 4 aromatic rings. The van der Waals surface area contributed by atoms with Crippen molar-refractivity contribution in [3.05, 3.63) is 112 Å². The summed E-state index contributed by atoms with van der Waals surface area (Å²) in [4.78, 5) is 17.7. The molecule has 1 heterocycles. The van der Waals surface area contributed by atoms with Gasteiger partial charge in [-0.3, -0.25) is 4.79 Å². The zero-order valence-electron chi connectivity index (χ0n) is 18.1. The Balaban J connectivity index is 1.69. The number of aromatic nitrogens is 1. The highest BCUT2D eigenvalue weighted by Gasteiger charge is 2.13. The number of amides is 1. The fourth-order valence-corrected chi connectivity index (χ4v) is 3.38. The van der Waals surface area contributed by atoms with Gasteiger partial charge < -0.3 is 0 Å². The highest BCUT2D eigenvalue weighted by atomic mass is 35.5. The van der Waals surface area contributed by atoms with Gasteiger partial charge in [0.15, 0.2) is 0 Å². The highest BCUT2D eigenvalue weighted by Crippen LogP contribution is 2.26. The molecule has 0 saturated carbocycles. The van der Waals surface area contributed by atoms with Crippen LogP contribution in [0.5, 0.6) is 0 Å². The Hall–Kier alpha value is -3.83. The van der Waals surface area contributed by atoms with Crippen molar-refractivity contribution in [2.24, 2.45) is 5.10 Å². The van der Waals surface area contributed by atoms with Gasteiger partial charge >= 0.3 is 0 Å². The number of carbonyl (C=O) groups is 1. The average molecular weight is 458 g/mol. The fourth-order valence-electron chi connectivity index (χ4n) is 3.26. The molecular formula is C27H21ClFN3O. The summed E-state index contributed by atoms with van der Waals surface area (Å²) < 4.78 is 13.4. The summed E-state index contributed by atoms with van der Waals surface area (Å²) in [6.45, 7) is 3.85. The van der Waals surface area contributed by atoms with Crippen LogP contribution in [-0.4, -0.2) is 16.6 Å². The van der Waals surface area contributed by atoms with Crippen LogP contribution in [0.3, 0.4) is 0 Å². The molecule has 1 aromatic heterocycles. The number of hydrogen-bond acceptors (Lipinski definition) is 3. The number of rotatable bonds is 5. The standard InChI is InChI=1S/C27H21ClFN3O/c1-17-3-5-19(6-4-17)18(2)31-32-27(33)22-15-25(20-7-11-23(28)12-8-20)30-26(16-22)21-9-13-24(29)14-10-21/h3-16H,1-2H3,(H,32,33)/b31-18-. The molecular weight excluding hydrogens is 437 g/mol. The van der Waals surface area contributed by atoms with E-state index in [9.17, 15) is 9.18 Å². The Bertz CT molecular complexity index is 1250. The summed E-state index contributed by atoms with van der Waals surface area (Å²) in [6.07, 6.45) is 0. The van der Waals surface area contributed by atoms with Crippen molar-refractivity contribution < 1.29 is 9.18 Å². The third-order valence-electron chi connectivity index (χ3n) is 5.16. The number of pyridine rings is 1. The van der Waals surface area contributed by atoms with Gasteiger partial charge in [0, 0.05) is 21.7 Å². The lowest BCUT2D eigenvalue weighted by Gasteiger charge is -2.10. The molecule has 0 bridgehead atoms. The van der Waals surface area contributed by atoms with E-state index in [1.54, 1.807) is 36.4 Å². The first-order valence-corrected chi connectivity index (χ1v) is 10.7. The number of hydrazone groups is 1. The fraction of sp³-hybridized carbons (Fsp3) is 0.0741. The zero-order valence-corrected chi connectivity index (χ0v) is 18.9. The van der Waals surface area contributed by atoms with E-state index in [0.29, 0.717) is 33.2 Å². The Kier molecular flexibility index (Phi) is 6.61. The molecule has 0 aliphatic carbocycles. The Morgan fingerprint density at radius 3 is 1.97 bits per heavy atom. The minimum absolute atomic E-state index is 0.341. The first-order valence-electron chi connectivity index (χ1n) is 10.3. The van der Waals surface area contributed by atoms with E-state index in [1.165, 1.54) is 12.1 Å². The maximum absolute atomic E-state index is 13.4. The highest BCUT2D eigenvalue weighted by molar-refractivity contribution is 6.30. The largest absolute Gasteiger partial charge is 0.271 e. The van der Waals surface area contributed by atoms with Gasteiger partial charge in [0.2, 0.25) is 0 Å². The second-order valence-electron chi connectivity index (χ2n) is 7.64. The minimum atomic E-state index is -0.373. The molecule has 164 valence electrons. The number of hydrogen-bond donors (Lipinski definition) is 1. The molecule has 33 heavy (non-hydrogen) atoms. The SMILES string of the molecule is C/C(=N/NC(=O)c1cc(-c2ccc(F)cc2)nc(-c2ccc(Cl)cc2)c1)c1ccc(C)cc1. The minimum Gasteiger partial charge on any atom is -0.267 e. The normalized spacial score (nSPS) is 11.3. The topological polar surface area (TPSA) is 54.4 Å². The van der Waals surface area contributed by atoms with Crippen molar-refractivity contribution >= 4 is 23.2 Å². The Labute approximate surface area is 196 Å². The molecule has 0 radical (unpaired) electrons. The average Bonchev–Trinajstić information content (AvgIpc) is 2.83. The molecule has 0 spiro atoms. The lowest BCUT2D eigenvalue weighted by Crippen LogP contribution is -2.19. The number of aryl methyl sites for hydroxylation is 1. The van der Waals surface area contributed by atoms with Crippen LogP contribution in [0.25, 0.3) is 22.5 Å². The van der Waals surface area contributed by atoms with Gasteiger partial charge in [-0.15, -0.1) is 0 Å². The van der Waals surface area contributed by atoms with Gasteiger partial charge in [-0.05, 0) is 67.9 Å². The van der Waals surface area contributed by atoms with Gasteiger partial charge in [0.25, 0.3) is 5.91 Å². The molecule has 6 heteroatoms. The number of nitrogens with zero attached hydrogens (tertiary/aromatic N) is 2. The Morgan fingerprint density at radius 2 is 1.39 bits per heavy atom. The smallest absolute Gasteiger partial charge is 0.267 e. The van der Waals surface area contributed by atoms with Gasteiger partial charge in [-0.2, -0.15) is 5.10 Å². The maximum Gasteiger partial charge on any atom is 0.271 e. The molecule has 0 aliphatic rings. The predicted octanol–water partition coefficient (Wildman–Crippen LogP) is 6.67. The van der Waals surface area contributed by atoms with Gasteiger partial charge in [-0.1, -0.05) is 53.6 Å². The van der Waals surface area contributed by atoms with Crippen LogP contribution in [0.1, 0.15) is 28.4 Å². The van der Waals surface area contributed by atoms with Crippen LogP contribution in [0.4, 0.5) is 4.39 Å². The van der Waals surface area contributed by atoms with Crippen molar-refractivity contribution in [3.8, 4) is 22.5 Å². The van der Waals surface area contributed by atoms with Crippen LogP contribution >= 0.6 is 11.6 Å². The van der Waals surface area contributed by atoms with Crippen molar-refractivity contribution in [2.45, 2.75) is 13.8 Å². The number of nitrogens with one attached hydrogen (secondary N) is 1. The van der Waals surface area contributed by atoms with Crippen LogP contribution < -0.4 is 5.43 Å². The van der Waals surface area contributed by atoms with Gasteiger partial charge in [0.1, 0.15) is 5.82 Å². The molecule has 0 saturated heterocycles. The molecule has 0 aliphatic heterocycles. The molecule has 1 amide bonds. The van der Waals surface area contributed by atoms with Gasteiger partial charge in [0.05, 0.1) is 17.1 Å². The molecule has 4 rings (SSSR count). The predicted molar refractivity (Wildman–Crippen MR) is 131 cm³/mol. The van der Waals surface area contributed by atoms with Crippen LogP contribution in [-0.2, 0) is 0 Å². The monoisotopic (exact) mass is 457 g/mol. The molecule has 0 atom stereocenters. The second kappa shape index (κ2) is 9.76. The van der Waals surface area contributed by atoms with Gasteiger partial charge in [-0.25, -0.2) is 14.8 Å². The van der Waals surface area contributed by atoms with Crippen molar-refractivity contribution in [3.63, 3.8) is 0 Å². The van der Waals surface area contributed by atoms with Crippen LogP contribution in [0, 0.1) is 12.7 Å². The second-order valence-corrected chi connectivity index (χ2v) is 8.08. The van der Waals surface area contributed by atoms with Crippen molar-refractivity contribution in [1.82, 2.24) is 10.4 Å². The molecule has 0 fully saturated rings. The van der Waals surface area contributed by atoms with E-state index >= 15 is 0 Å². The summed E-state index contributed by atoms with van der Waals surface area (Å²) in [7, 11) is 0. The van der Waals surface area contributed by atoms with E-state index < -0.39 is 0 Å². The summed E-state index contributed by atoms with van der Waals surface area (Å²) in [6, 6.07) is 24.4. The number of benzene rings is 3. The first kappa shape index (κ1) is 22.4. The number of carbonyl (C=O) groups excluding carboxylic acids is 1. The third kappa shape index (κ3) is 5.51. The summed E-state index contributed by atoms with van der Waals surface area (Å²) in [5.41, 5.74) is 8.41. The summed E-state index contributed by atoms with van der Waals surface area (Å²) in [5.74, 6) is -0.714. The summed E-state index contributed by atoms with van der Waals surface area (Å²) in [5, 5.41) is 4.86. The van der Waals surface area contributed by atoms with E-state index in [-0.39, 0.29) is 11.7 Å². The lowest BCUT2D eigenvalue weighted by atomic mass is 10.0. The van der Waals surface area contributed by atoms with Crippen LogP contribution in [0.2, 0.25) is 5.02 Å². The third-order valence-corrected chi connectivity index (χ3v) is 5.41. The Morgan fingerprint density at radius 1 is 0.848 bits per heavy atom. The molecule has 4 nitrogen and oxygen atoms in total. The molecule has 1 N–H and O–H groups in total. The zero-order chi connectivity index (χ0) is 23.4. The number of halogens is 2. The summed E-state index contributed by atoms with van der Waals surface area (Å²) >= 11 is 6.02. The van der Waals surface area contributed by atoms with E-state index in [4.69, 9.17) is 11.6 Å².